The van der Waals surface area contributed by atoms with Crippen molar-refractivity contribution in [1.82, 2.24) is 10.3 Å². The summed E-state index contributed by atoms with van der Waals surface area (Å²) in [4.78, 5) is 4.22. The number of aliphatic hydroxyl groups is 1. The lowest BCUT2D eigenvalue weighted by atomic mass is 9.85. The summed E-state index contributed by atoms with van der Waals surface area (Å²) in [5.41, 5.74) is 3.08. The second kappa shape index (κ2) is 5.58. The Kier molecular flexibility index (Phi) is 4.70. The summed E-state index contributed by atoms with van der Waals surface area (Å²) in [7, 11) is 0. The summed E-state index contributed by atoms with van der Waals surface area (Å²) in [6.07, 6.45) is 0.785. The minimum absolute atomic E-state index is 0.165. The van der Waals surface area contributed by atoms with E-state index in [0.29, 0.717) is 6.04 Å². The van der Waals surface area contributed by atoms with Crippen molar-refractivity contribution < 1.29 is 5.11 Å². The minimum atomic E-state index is 0.165. The van der Waals surface area contributed by atoms with E-state index in [4.69, 9.17) is 5.11 Å². The normalized spacial score (nSPS) is 14.1. The van der Waals surface area contributed by atoms with Crippen LogP contribution in [0.3, 0.4) is 0 Å². The number of thiazole rings is 1. The van der Waals surface area contributed by atoms with E-state index in [1.54, 1.807) is 11.3 Å². The van der Waals surface area contributed by atoms with Crippen LogP contribution >= 0.6 is 11.3 Å². The summed E-state index contributed by atoms with van der Waals surface area (Å²) in [6, 6.07) is 0.323. The van der Waals surface area contributed by atoms with Gasteiger partial charge in [0.25, 0.3) is 0 Å². The number of hydrogen-bond donors (Lipinski definition) is 2. The average Bonchev–Trinajstić information content (AvgIpc) is 2.62. The fourth-order valence-electron chi connectivity index (χ4n) is 1.52. The molecule has 0 aromatic carbocycles. The Bertz CT molecular complexity index is 267. The van der Waals surface area contributed by atoms with E-state index in [1.807, 2.05) is 10.9 Å². The van der Waals surface area contributed by atoms with E-state index < -0.39 is 0 Å². The molecule has 0 saturated heterocycles. The fourth-order valence-corrected chi connectivity index (χ4v) is 2.08. The van der Waals surface area contributed by atoms with Crippen LogP contribution in [0.1, 0.15) is 32.9 Å². The van der Waals surface area contributed by atoms with E-state index >= 15 is 0 Å². The number of nitrogens with one attached hydrogen (secondary N) is 1. The molecule has 0 aliphatic rings. The zero-order valence-corrected chi connectivity index (χ0v) is 10.5. The van der Waals surface area contributed by atoms with Gasteiger partial charge < -0.3 is 10.4 Å². The highest BCUT2D eigenvalue weighted by Gasteiger charge is 2.23. The molecule has 1 atom stereocenters. The van der Waals surface area contributed by atoms with E-state index in [1.165, 1.54) is 0 Å². The minimum Gasteiger partial charge on any atom is -0.396 e. The van der Waals surface area contributed by atoms with Crippen LogP contribution in [-0.2, 0) is 6.54 Å². The van der Waals surface area contributed by atoms with E-state index in [0.717, 1.165) is 18.7 Å². The van der Waals surface area contributed by atoms with Crippen LogP contribution in [0.25, 0.3) is 0 Å². The van der Waals surface area contributed by atoms with E-state index in [2.05, 4.69) is 31.1 Å². The van der Waals surface area contributed by atoms with Gasteiger partial charge >= 0.3 is 0 Å². The van der Waals surface area contributed by atoms with Gasteiger partial charge in [0.2, 0.25) is 0 Å². The molecule has 0 bridgehead atoms. The molecule has 0 spiro atoms. The van der Waals surface area contributed by atoms with Crippen LogP contribution in [0.2, 0.25) is 0 Å². The van der Waals surface area contributed by atoms with E-state index in [9.17, 15) is 0 Å². The third-order valence-corrected chi connectivity index (χ3v) is 3.11. The quantitative estimate of drug-likeness (QED) is 0.810. The lowest BCUT2D eigenvalue weighted by molar-refractivity contribution is 0.196. The van der Waals surface area contributed by atoms with Crippen LogP contribution in [0, 0.1) is 5.41 Å². The second-order valence-electron chi connectivity index (χ2n) is 4.79. The van der Waals surface area contributed by atoms with Crippen LogP contribution in [-0.4, -0.2) is 22.7 Å². The fraction of sp³-hybridized carbons (Fsp3) is 0.727. The van der Waals surface area contributed by atoms with Crippen molar-refractivity contribution in [3.8, 4) is 0 Å². The summed E-state index contributed by atoms with van der Waals surface area (Å²) in [5, 5.41) is 14.5. The third-order valence-electron chi connectivity index (χ3n) is 2.48. The molecule has 1 aromatic rings. The largest absolute Gasteiger partial charge is 0.396 e. The first kappa shape index (κ1) is 12.6. The maximum atomic E-state index is 9.00. The van der Waals surface area contributed by atoms with Gasteiger partial charge in [-0.05, 0) is 11.8 Å². The van der Waals surface area contributed by atoms with E-state index in [-0.39, 0.29) is 12.0 Å². The van der Waals surface area contributed by atoms with Gasteiger partial charge in [0.15, 0.2) is 0 Å². The Morgan fingerprint density at radius 3 is 2.73 bits per heavy atom. The first-order valence-corrected chi connectivity index (χ1v) is 6.19. The molecule has 86 valence electrons. The highest BCUT2D eigenvalue weighted by molar-refractivity contribution is 7.07. The average molecular weight is 228 g/mol. The standard InChI is InChI=1S/C11H20N2OS/c1-11(2,3)10(4-5-14)12-6-9-7-15-8-13-9/h7-8,10,12,14H,4-6H2,1-3H3. The van der Waals surface area contributed by atoms with Gasteiger partial charge in [0.1, 0.15) is 0 Å². The van der Waals surface area contributed by atoms with Crippen molar-refractivity contribution in [3.63, 3.8) is 0 Å². The van der Waals surface area contributed by atoms with Gasteiger partial charge in [0.05, 0.1) is 11.2 Å². The Morgan fingerprint density at radius 2 is 2.27 bits per heavy atom. The number of hydrogen-bond acceptors (Lipinski definition) is 4. The number of aliphatic hydroxyl groups excluding tert-OH is 1. The maximum absolute atomic E-state index is 9.00. The second-order valence-corrected chi connectivity index (χ2v) is 5.51. The zero-order valence-electron chi connectivity index (χ0n) is 9.66. The molecule has 0 radical (unpaired) electrons. The summed E-state index contributed by atoms with van der Waals surface area (Å²) >= 11 is 1.61. The van der Waals surface area contributed by atoms with Crippen molar-refractivity contribution in [2.75, 3.05) is 6.61 Å². The Morgan fingerprint density at radius 1 is 1.53 bits per heavy atom. The van der Waals surface area contributed by atoms with Crippen LogP contribution < -0.4 is 5.32 Å². The lowest BCUT2D eigenvalue weighted by Crippen LogP contribution is -2.40. The molecule has 0 fully saturated rings. The molecule has 1 rings (SSSR count). The zero-order chi connectivity index (χ0) is 11.3. The van der Waals surface area contributed by atoms with Gasteiger partial charge in [-0.2, -0.15) is 0 Å². The van der Waals surface area contributed by atoms with Gasteiger partial charge in [0, 0.05) is 24.6 Å². The Balaban J connectivity index is 2.45. The summed E-state index contributed by atoms with van der Waals surface area (Å²) in [6.45, 7) is 7.56. The molecule has 2 N–H and O–H groups in total. The van der Waals surface area contributed by atoms with Crippen molar-refractivity contribution in [2.24, 2.45) is 5.41 Å². The predicted molar refractivity (Wildman–Crippen MR) is 63.9 cm³/mol. The number of aromatic nitrogens is 1. The highest BCUT2D eigenvalue weighted by Crippen LogP contribution is 2.21. The summed E-state index contributed by atoms with van der Waals surface area (Å²) in [5.74, 6) is 0. The highest BCUT2D eigenvalue weighted by atomic mass is 32.1. The molecule has 0 saturated carbocycles. The van der Waals surface area contributed by atoms with Gasteiger partial charge in [-0.3, -0.25) is 0 Å². The lowest BCUT2D eigenvalue weighted by Gasteiger charge is -2.31. The first-order valence-electron chi connectivity index (χ1n) is 5.25. The molecular formula is C11H20N2OS. The Hall–Kier alpha value is -0.450. The topological polar surface area (TPSA) is 45.1 Å². The molecular weight excluding hydrogens is 208 g/mol. The van der Waals surface area contributed by atoms with Crippen molar-refractivity contribution in [1.29, 1.82) is 0 Å². The van der Waals surface area contributed by atoms with Gasteiger partial charge in [-0.25, -0.2) is 4.98 Å². The predicted octanol–water partition coefficient (Wildman–Crippen LogP) is 2.03. The molecule has 0 aliphatic carbocycles. The smallest absolute Gasteiger partial charge is 0.0795 e. The van der Waals surface area contributed by atoms with Crippen LogP contribution in [0.4, 0.5) is 0 Å². The van der Waals surface area contributed by atoms with Crippen molar-refractivity contribution in [3.05, 3.63) is 16.6 Å². The molecule has 1 unspecified atom stereocenters. The third kappa shape index (κ3) is 4.28. The molecule has 1 heterocycles. The van der Waals surface area contributed by atoms with Gasteiger partial charge in [-0.1, -0.05) is 20.8 Å². The summed E-state index contributed by atoms with van der Waals surface area (Å²) < 4.78 is 0. The molecule has 4 heteroatoms. The Labute approximate surface area is 95.6 Å². The molecule has 3 nitrogen and oxygen atoms in total. The monoisotopic (exact) mass is 228 g/mol. The van der Waals surface area contributed by atoms with Crippen LogP contribution in [0.5, 0.6) is 0 Å². The molecule has 0 aliphatic heterocycles. The number of rotatable bonds is 5. The van der Waals surface area contributed by atoms with Crippen LogP contribution in [0.15, 0.2) is 10.9 Å². The SMILES string of the molecule is CC(C)(C)C(CCO)NCc1cscn1. The van der Waals surface area contributed by atoms with Gasteiger partial charge in [-0.15, -0.1) is 11.3 Å². The number of nitrogens with zero attached hydrogens (tertiary/aromatic N) is 1. The molecule has 1 aromatic heterocycles. The maximum Gasteiger partial charge on any atom is 0.0795 e. The van der Waals surface area contributed by atoms with Crippen molar-refractivity contribution >= 4 is 11.3 Å². The molecule has 15 heavy (non-hydrogen) atoms. The first-order chi connectivity index (χ1) is 7.04. The molecule has 0 amide bonds. The van der Waals surface area contributed by atoms with Crippen molar-refractivity contribution in [2.45, 2.75) is 39.8 Å².